The minimum atomic E-state index is -3.04. The van der Waals surface area contributed by atoms with Gasteiger partial charge in [0, 0.05) is 30.2 Å². The van der Waals surface area contributed by atoms with E-state index in [1.807, 2.05) is 34.9 Å². The molecule has 1 fully saturated rings. The van der Waals surface area contributed by atoms with Crippen molar-refractivity contribution in [2.24, 2.45) is 0 Å². The second kappa shape index (κ2) is 5.76. The first-order chi connectivity index (χ1) is 10.4. The zero-order valence-electron chi connectivity index (χ0n) is 12.5. The van der Waals surface area contributed by atoms with Crippen LogP contribution in [0.3, 0.4) is 0 Å². The summed E-state index contributed by atoms with van der Waals surface area (Å²) in [6.07, 6.45) is 7.85. The first kappa shape index (κ1) is 15.1. The van der Waals surface area contributed by atoms with Gasteiger partial charge in [-0.1, -0.05) is 12.5 Å². The number of pyridine rings is 1. The van der Waals surface area contributed by atoms with E-state index in [0.29, 0.717) is 18.4 Å². The summed E-state index contributed by atoms with van der Waals surface area (Å²) in [5, 5.41) is 2.65. The topological polar surface area (TPSA) is 67.7 Å². The van der Waals surface area contributed by atoms with E-state index in [9.17, 15) is 13.2 Å². The lowest BCUT2D eigenvalue weighted by Gasteiger charge is -2.28. The number of carbonyl (C=O) groups excluding carboxylic acids is 1. The third-order valence-electron chi connectivity index (χ3n) is 4.33. The Labute approximate surface area is 130 Å². The minimum Gasteiger partial charge on any atom is -0.349 e. The van der Waals surface area contributed by atoms with Crippen LogP contribution in [0.1, 0.15) is 36.0 Å². The van der Waals surface area contributed by atoms with E-state index in [4.69, 9.17) is 0 Å². The first-order valence-electron chi connectivity index (χ1n) is 7.50. The molecule has 118 valence electrons. The van der Waals surface area contributed by atoms with Gasteiger partial charge in [0.2, 0.25) is 0 Å². The molecule has 2 aromatic rings. The van der Waals surface area contributed by atoms with Crippen LogP contribution in [-0.4, -0.2) is 36.3 Å². The molecule has 0 spiro atoms. The number of hydrogen-bond acceptors (Lipinski definition) is 3. The monoisotopic (exact) mass is 320 g/mol. The summed E-state index contributed by atoms with van der Waals surface area (Å²) in [6.45, 7) is 0. The second-order valence-corrected chi connectivity index (χ2v) is 8.38. The maximum atomic E-state index is 12.4. The Morgan fingerprint density at radius 2 is 2.14 bits per heavy atom. The zero-order valence-corrected chi connectivity index (χ0v) is 13.3. The smallest absolute Gasteiger partial charge is 0.253 e. The van der Waals surface area contributed by atoms with Crippen LogP contribution in [0.15, 0.2) is 36.7 Å². The van der Waals surface area contributed by atoms with Crippen molar-refractivity contribution in [3.8, 4) is 0 Å². The highest BCUT2D eigenvalue weighted by atomic mass is 32.2. The number of sulfone groups is 1. The molecule has 1 saturated carbocycles. The lowest BCUT2D eigenvalue weighted by atomic mass is 9.95. The third-order valence-corrected chi connectivity index (χ3v) is 5.97. The summed E-state index contributed by atoms with van der Waals surface area (Å²) in [5.74, 6) is -0.136. The van der Waals surface area contributed by atoms with E-state index in [2.05, 4.69) is 5.32 Å². The van der Waals surface area contributed by atoms with Gasteiger partial charge in [0.15, 0.2) is 0 Å². The molecule has 0 bridgehead atoms. The molecule has 0 aliphatic heterocycles. The summed E-state index contributed by atoms with van der Waals surface area (Å²) >= 11 is 0. The van der Waals surface area contributed by atoms with E-state index >= 15 is 0 Å². The Bertz CT molecular complexity index is 762. The number of fused-ring (bicyclic) bond motifs is 1. The number of aromatic nitrogens is 1. The maximum absolute atomic E-state index is 12.4. The number of carbonyl (C=O) groups is 1. The van der Waals surface area contributed by atoms with E-state index in [0.717, 1.165) is 18.4 Å². The molecule has 0 unspecified atom stereocenters. The SMILES string of the molecule is CS(=O)(=O)[C@@H]1CCC[C@H](NC(=O)c2cc3ccccn3c2)C1. The summed E-state index contributed by atoms with van der Waals surface area (Å²) in [4.78, 5) is 12.4. The summed E-state index contributed by atoms with van der Waals surface area (Å²) < 4.78 is 25.3. The first-order valence-corrected chi connectivity index (χ1v) is 9.45. The molecular formula is C16H20N2O3S. The Morgan fingerprint density at radius 1 is 1.32 bits per heavy atom. The van der Waals surface area contributed by atoms with Gasteiger partial charge in [-0.05, 0) is 37.5 Å². The van der Waals surface area contributed by atoms with Crippen molar-refractivity contribution in [2.75, 3.05) is 6.26 Å². The van der Waals surface area contributed by atoms with Crippen molar-refractivity contribution in [2.45, 2.75) is 37.0 Å². The summed E-state index contributed by atoms with van der Waals surface area (Å²) in [6, 6.07) is 7.55. The molecule has 1 amide bonds. The average Bonchev–Trinajstić information content (AvgIpc) is 2.90. The zero-order chi connectivity index (χ0) is 15.7. The van der Waals surface area contributed by atoms with Crippen molar-refractivity contribution >= 4 is 21.3 Å². The van der Waals surface area contributed by atoms with Gasteiger partial charge < -0.3 is 9.72 Å². The van der Waals surface area contributed by atoms with Crippen LogP contribution in [0, 0.1) is 0 Å². The molecule has 6 heteroatoms. The fourth-order valence-electron chi connectivity index (χ4n) is 3.11. The largest absolute Gasteiger partial charge is 0.349 e. The maximum Gasteiger partial charge on any atom is 0.253 e. The van der Waals surface area contributed by atoms with Gasteiger partial charge in [0.25, 0.3) is 5.91 Å². The Balaban J connectivity index is 1.71. The van der Waals surface area contributed by atoms with Crippen molar-refractivity contribution in [1.29, 1.82) is 0 Å². The van der Waals surface area contributed by atoms with E-state index in [1.54, 1.807) is 6.20 Å². The number of nitrogens with zero attached hydrogens (tertiary/aromatic N) is 1. The number of nitrogens with one attached hydrogen (secondary N) is 1. The quantitative estimate of drug-likeness (QED) is 0.941. The molecule has 2 atom stereocenters. The fourth-order valence-corrected chi connectivity index (χ4v) is 4.29. The number of hydrogen-bond donors (Lipinski definition) is 1. The van der Waals surface area contributed by atoms with E-state index in [-0.39, 0.29) is 17.2 Å². The standard InChI is InChI=1S/C16H20N2O3S/c1-22(20,21)15-7-4-5-13(10-15)17-16(19)12-9-14-6-2-3-8-18(14)11-12/h2-3,6,8-9,11,13,15H,4-5,7,10H2,1H3,(H,17,19)/t13-,15+/m0/s1. The Hall–Kier alpha value is -1.82. The van der Waals surface area contributed by atoms with Gasteiger partial charge in [-0.15, -0.1) is 0 Å². The number of amides is 1. The van der Waals surface area contributed by atoms with Crippen molar-refractivity contribution < 1.29 is 13.2 Å². The van der Waals surface area contributed by atoms with Gasteiger partial charge in [0.05, 0.1) is 10.8 Å². The highest BCUT2D eigenvalue weighted by Gasteiger charge is 2.29. The highest BCUT2D eigenvalue weighted by Crippen LogP contribution is 2.24. The summed E-state index contributed by atoms with van der Waals surface area (Å²) in [7, 11) is -3.04. The van der Waals surface area contributed by atoms with Crippen LogP contribution in [0.4, 0.5) is 0 Å². The van der Waals surface area contributed by atoms with Gasteiger partial charge in [0.1, 0.15) is 9.84 Å². The second-order valence-electron chi connectivity index (χ2n) is 6.05. The van der Waals surface area contributed by atoms with Crippen LogP contribution in [-0.2, 0) is 9.84 Å². The van der Waals surface area contributed by atoms with Crippen molar-refractivity contribution in [3.05, 3.63) is 42.2 Å². The lowest BCUT2D eigenvalue weighted by Crippen LogP contribution is -2.41. The molecule has 0 aromatic carbocycles. The average molecular weight is 320 g/mol. The van der Waals surface area contributed by atoms with Crippen molar-refractivity contribution in [1.82, 2.24) is 9.72 Å². The van der Waals surface area contributed by atoms with E-state index in [1.165, 1.54) is 6.26 Å². The molecule has 5 nitrogen and oxygen atoms in total. The van der Waals surface area contributed by atoms with Gasteiger partial charge in [-0.3, -0.25) is 4.79 Å². The van der Waals surface area contributed by atoms with Crippen LogP contribution < -0.4 is 5.32 Å². The van der Waals surface area contributed by atoms with E-state index < -0.39 is 9.84 Å². The van der Waals surface area contributed by atoms with Crippen LogP contribution in [0.25, 0.3) is 5.52 Å². The molecule has 0 saturated heterocycles. The van der Waals surface area contributed by atoms with Crippen LogP contribution in [0.5, 0.6) is 0 Å². The molecule has 2 heterocycles. The predicted octanol–water partition coefficient (Wildman–Crippen LogP) is 2.02. The molecule has 2 aromatic heterocycles. The molecule has 1 N–H and O–H groups in total. The van der Waals surface area contributed by atoms with Crippen LogP contribution >= 0.6 is 0 Å². The Kier molecular flexibility index (Phi) is 3.95. The third kappa shape index (κ3) is 3.16. The van der Waals surface area contributed by atoms with Crippen molar-refractivity contribution in [3.63, 3.8) is 0 Å². The molecule has 1 aliphatic carbocycles. The Morgan fingerprint density at radius 3 is 2.86 bits per heavy atom. The molecule has 0 radical (unpaired) electrons. The van der Waals surface area contributed by atoms with Gasteiger partial charge in [-0.25, -0.2) is 8.42 Å². The molecule has 1 aliphatic rings. The predicted molar refractivity (Wildman–Crippen MR) is 85.8 cm³/mol. The van der Waals surface area contributed by atoms with Gasteiger partial charge >= 0.3 is 0 Å². The molecule has 22 heavy (non-hydrogen) atoms. The summed E-state index contributed by atoms with van der Waals surface area (Å²) in [5.41, 5.74) is 1.57. The molecule has 3 rings (SSSR count). The minimum absolute atomic E-state index is 0.0658. The van der Waals surface area contributed by atoms with Gasteiger partial charge in [-0.2, -0.15) is 0 Å². The number of rotatable bonds is 3. The normalized spacial score (nSPS) is 22.6. The highest BCUT2D eigenvalue weighted by molar-refractivity contribution is 7.91. The fraction of sp³-hybridized carbons (Fsp3) is 0.438. The lowest BCUT2D eigenvalue weighted by molar-refractivity contribution is 0.0928. The van der Waals surface area contributed by atoms with Crippen LogP contribution in [0.2, 0.25) is 0 Å². The molecular weight excluding hydrogens is 300 g/mol.